The second-order valence-corrected chi connectivity index (χ2v) is 6.96. The van der Waals surface area contributed by atoms with Crippen LogP contribution in [0.5, 0.6) is 0 Å². The molecule has 0 spiro atoms. The van der Waals surface area contributed by atoms with Gasteiger partial charge in [0.2, 0.25) is 0 Å². The molecular weight excluding hydrogens is 298 g/mol. The van der Waals surface area contributed by atoms with Gasteiger partial charge in [-0.05, 0) is 23.6 Å². The lowest BCUT2D eigenvalue weighted by Crippen LogP contribution is -2.45. The van der Waals surface area contributed by atoms with Crippen molar-refractivity contribution in [3.05, 3.63) is 35.4 Å². The number of likely N-dealkylation sites (N-methyl/N-ethyl adjacent to an activating group) is 1. The lowest BCUT2D eigenvalue weighted by atomic mass is 10.1. The van der Waals surface area contributed by atoms with Gasteiger partial charge in [-0.2, -0.15) is 0 Å². The summed E-state index contributed by atoms with van der Waals surface area (Å²) in [5.41, 5.74) is 8.59. The van der Waals surface area contributed by atoms with E-state index >= 15 is 0 Å². The number of hydrogen-bond acceptors (Lipinski definition) is 3. The largest absolute Gasteiger partial charge is 0.370 e. The van der Waals surface area contributed by atoms with E-state index in [9.17, 15) is 0 Å². The highest BCUT2D eigenvalue weighted by Gasteiger charge is 2.16. The summed E-state index contributed by atoms with van der Waals surface area (Å²) in [6, 6.07) is 8.58. The molecule has 1 aromatic carbocycles. The molecule has 24 heavy (non-hydrogen) atoms. The molecule has 2 rings (SSSR count). The SMILES string of the molecule is CCN1CCN(Cc2ccccc2CN=C(N)NCC(C)C)CC1. The average molecular weight is 332 g/mol. The third-order valence-corrected chi connectivity index (χ3v) is 4.54. The van der Waals surface area contributed by atoms with Crippen LogP contribution in [-0.4, -0.2) is 55.0 Å². The zero-order valence-corrected chi connectivity index (χ0v) is 15.5. The molecule has 134 valence electrons. The molecule has 0 bridgehead atoms. The van der Waals surface area contributed by atoms with Crippen molar-refractivity contribution in [2.24, 2.45) is 16.6 Å². The quantitative estimate of drug-likeness (QED) is 0.592. The van der Waals surface area contributed by atoms with Crippen molar-refractivity contribution < 1.29 is 0 Å². The number of nitrogens with zero attached hydrogens (tertiary/aromatic N) is 3. The highest BCUT2D eigenvalue weighted by atomic mass is 15.3. The van der Waals surface area contributed by atoms with Crippen LogP contribution in [0.15, 0.2) is 29.3 Å². The predicted octanol–water partition coefficient (Wildman–Crippen LogP) is 1.88. The fourth-order valence-electron chi connectivity index (χ4n) is 2.91. The summed E-state index contributed by atoms with van der Waals surface area (Å²) < 4.78 is 0. The van der Waals surface area contributed by atoms with Crippen LogP contribution in [0, 0.1) is 5.92 Å². The van der Waals surface area contributed by atoms with Gasteiger partial charge in [0, 0.05) is 39.3 Å². The van der Waals surface area contributed by atoms with E-state index in [4.69, 9.17) is 5.73 Å². The van der Waals surface area contributed by atoms with Crippen LogP contribution in [0.2, 0.25) is 0 Å². The minimum absolute atomic E-state index is 0.537. The molecule has 1 aliphatic rings. The number of nitrogens with two attached hydrogens (primary N) is 1. The lowest BCUT2D eigenvalue weighted by molar-refractivity contribution is 0.131. The van der Waals surface area contributed by atoms with Crippen LogP contribution in [0.25, 0.3) is 0 Å². The lowest BCUT2D eigenvalue weighted by Gasteiger charge is -2.34. The number of hydrogen-bond donors (Lipinski definition) is 2. The van der Waals surface area contributed by atoms with Crippen LogP contribution in [-0.2, 0) is 13.1 Å². The molecule has 0 radical (unpaired) electrons. The first-order valence-corrected chi connectivity index (χ1v) is 9.13. The van der Waals surface area contributed by atoms with Gasteiger partial charge in [-0.3, -0.25) is 4.90 Å². The topological polar surface area (TPSA) is 56.9 Å². The Kier molecular flexibility index (Phi) is 7.53. The van der Waals surface area contributed by atoms with E-state index in [1.807, 2.05) is 0 Å². The van der Waals surface area contributed by atoms with Crippen molar-refractivity contribution in [2.75, 3.05) is 39.3 Å². The zero-order valence-electron chi connectivity index (χ0n) is 15.5. The first-order valence-electron chi connectivity index (χ1n) is 9.13. The highest BCUT2D eigenvalue weighted by molar-refractivity contribution is 5.77. The molecule has 1 fully saturated rings. The van der Waals surface area contributed by atoms with Gasteiger partial charge in [-0.15, -0.1) is 0 Å². The monoisotopic (exact) mass is 331 g/mol. The van der Waals surface area contributed by atoms with Crippen LogP contribution >= 0.6 is 0 Å². The van der Waals surface area contributed by atoms with Crippen molar-refractivity contribution >= 4 is 5.96 Å². The Labute approximate surface area is 146 Å². The molecule has 0 aliphatic carbocycles. The number of nitrogens with one attached hydrogen (secondary N) is 1. The van der Waals surface area contributed by atoms with E-state index in [1.165, 1.54) is 24.2 Å². The molecule has 1 heterocycles. The maximum atomic E-state index is 5.96. The molecule has 0 aromatic heterocycles. The third-order valence-electron chi connectivity index (χ3n) is 4.54. The Bertz CT molecular complexity index is 518. The van der Waals surface area contributed by atoms with Gasteiger partial charge in [0.05, 0.1) is 6.54 Å². The van der Waals surface area contributed by atoms with Gasteiger partial charge in [0.15, 0.2) is 5.96 Å². The first kappa shape index (κ1) is 18.7. The minimum Gasteiger partial charge on any atom is -0.370 e. The number of aliphatic imine (C=N–C) groups is 1. The Morgan fingerprint density at radius 1 is 1.12 bits per heavy atom. The second-order valence-electron chi connectivity index (χ2n) is 6.96. The summed E-state index contributed by atoms with van der Waals surface area (Å²) in [6.07, 6.45) is 0. The molecule has 0 atom stereocenters. The van der Waals surface area contributed by atoms with E-state index in [0.717, 1.165) is 32.7 Å². The summed E-state index contributed by atoms with van der Waals surface area (Å²) in [4.78, 5) is 9.55. The van der Waals surface area contributed by atoms with Gasteiger partial charge in [0.25, 0.3) is 0 Å². The second kappa shape index (κ2) is 9.64. The number of benzene rings is 1. The molecule has 1 saturated heterocycles. The number of piperazine rings is 1. The van der Waals surface area contributed by atoms with E-state index in [-0.39, 0.29) is 0 Å². The molecule has 0 saturated carbocycles. The van der Waals surface area contributed by atoms with E-state index < -0.39 is 0 Å². The predicted molar refractivity (Wildman–Crippen MR) is 102 cm³/mol. The van der Waals surface area contributed by atoms with E-state index in [0.29, 0.717) is 18.4 Å². The van der Waals surface area contributed by atoms with E-state index in [1.54, 1.807) is 0 Å². The Hall–Kier alpha value is -1.59. The molecule has 1 aromatic rings. The molecular formula is C19H33N5. The van der Waals surface area contributed by atoms with Gasteiger partial charge in [-0.25, -0.2) is 4.99 Å². The van der Waals surface area contributed by atoms with Crippen molar-refractivity contribution in [3.63, 3.8) is 0 Å². The van der Waals surface area contributed by atoms with Crippen molar-refractivity contribution in [1.82, 2.24) is 15.1 Å². The molecule has 5 heteroatoms. The van der Waals surface area contributed by atoms with Crippen LogP contribution < -0.4 is 11.1 Å². The van der Waals surface area contributed by atoms with Crippen LogP contribution in [0.1, 0.15) is 31.9 Å². The third kappa shape index (κ3) is 6.13. The Morgan fingerprint density at radius 2 is 1.75 bits per heavy atom. The summed E-state index contributed by atoms with van der Waals surface area (Å²) in [5, 5.41) is 3.18. The highest BCUT2D eigenvalue weighted by Crippen LogP contribution is 2.14. The summed E-state index contributed by atoms with van der Waals surface area (Å²) >= 11 is 0. The van der Waals surface area contributed by atoms with Crippen LogP contribution in [0.3, 0.4) is 0 Å². The normalized spacial score (nSPS) is 17.4. The smallest absolute Gasteiger partial charge is 0.188 e. The Balaban J connectivity index is 1.91. The standard InChI is InChI=1S/C19H33N5/c1-4-23-9-11-24(12-10-23)15-18-8-6-5-7-17(18)14-22-19(20)21-13-16(2)3/h5-8,16H,4,9-15H2,1-3H3,(H3,20,21,22). The zero-order chi connectivity index (χ0) is 17.4. The summed E-state index contributed by atoms with van der Waals surface area (Å²) in [5.74, 6) is 1.10. The molecule has 0 amide bonds. The molecule has 0 unspecified atom stereocenters. The fraction of sp³-hybridized carbons (Fsp3) is 0.632. The van der Waals surface area contributed by atoms with Crippen molar-refractivity contribution in [2.45, 2.75) is 33.9 Å². The number of guanidine groups is 1. The van der Waals surface area contributed by atoms with Gasteiger partial charge < -0.3 is 16.0 Å². The van der Waals surface area contributed by atoms with Gasteiger partial charge in [-0.1, -0.05) is 45.0 Å². The molecule has 5 nitrogen and oxygen atoms in total. The maximum Gasteiger partial charge on any atom is 0.188 e. The maximum absolute atomic E-state index is 5.96. The average Bonchev–Trinajstić information content (AvgIpc) is 2.60. The summed E-state index contributed by atoms with van der Waals surface area (Å²) in [7, 11) is 0. The Morgan fingerprint density at radius 3 is 2.38 bits per heavy atom. The van der Waals surface area contributed by atoms with Gasteiger partial charge in [0.1, 0.15) is 0 Å². The van der Waals surface area contributed by atoms with Crippen molar-refractivity contribution in [1.29, 1.82) is 0 Å². The number of rotatable bonds is 7. The molecule has 1 aliphatic heterocycles. The van der Waals surface area contributed by atoms with E-state index in [2.05, 4.69) is 65.1 Å². The van der Waals surface area contributed by atoms with Gasteiger partial charge >= 0.3 is 0 Å². The van der Waals surface area contributed by atoms with Crippen LogP contribution in [0.4, 0.5) is 0 Å². The van der Waals surface area contributed by atoms with Crippen molar-refractivity contribution in [3.8, 4) is 0 Å². The minimum atomic E-state index is 0.537. The summed E-state index contributed by atoms with van der Waals surface area (Å²) in [6.45, 7) is 14.8. The first-order chi connectivity index (χ1) is 11.6. The molecule has 3 N–H and O–H groups in total. The fourth-order valence-corrected chi connectivity index (χ4v) is 2.91.